The molecule has 19 heavy (non-hydrogen) atoms. The lowest BCUT2D eigenvalue weighted by molar-refractivity contribution is 0.318. The molecule has 0 unspecified atom stereocenters. The van der Waals surface area contributed by atoms with Crippen molar-refractivity contribution in [1.29, 1.82) is 0 Å². The number of hydrogen-bond donors (Lipinski definition) is 1. The minimum Gasteiger partial charge on any atom is -0.317 e. The maximum Gasteiger partial charge on any atom is -0.00183 e. The average molecular weight is 268 g/mol. The topological polar surface area (TPSA) is 15.3 Å². The third kappa shape index (κ3) is 8.65. The van der Waals surface area contributed by atoms with Gasteiger partial charge in [0.2, 0.25) is 0 Å². The Morgan fingerprint density at radius 1 is 1.11 bits per heavy atom. The summed E-state index contributed by atoms with van der Waals surface area (Å²) in [4.78, 5) is 2.57. The average Bonchev–Trinajstić information content (AvgIpc) is 2.90. The molecule has 0 bridgehead atoms. The molecule has 2 heteroatoms. The molecular weight excluding hydrogens is 232 g/mol. The van der Waals surface area contributed by atoms with E-state index < -0.39 is 0 Å². The minimum absolute atomic E-state index is 0.892. The Morgan fingerprint density at radius 2 is 1.74 bits per heavy atom. The number of unbranched alkanes of at least 4 members (excludes halogenated alkanes) is 1. The smallest absolute Gasteiger partial charge is 0.00183 e. The predicted molar refractivity (Wildman–Crippen MR) is 85.6 cm³/mol. The number of piperidine rings is 1. The Labute approximate surface area is 121 Å². The van der Waals surface area contributed by atoms with E-state index >= 15 is 0 Å². The van der Waals surface area contributed by atoms with Gasteiger partial charge in [-0.15, -0.1) is 0 Å². The molecule has 0 saturated carbocycles. The summed E-state index contributed by atoms with van der Waals surface area (Å²) >= 11 is 0. The third-order valence-corrected chi connectivity index (χ3v) is 4.29. The monoisotopic (exact) mass is 268 g/mol. The maximum absolute atomic E-state index is 3.39. The second kappa shape index (κ2) is 10.7. The Balaban J connectivity index is 0.000000191. The molecule has 1 N–H and O–H groups in total. The van der Waals surface area contributed by atoms with Gasteiger partial charge < -0.3 is 10.2 Å². The fraction of sp³-hybridized carbons (Fsp3) is 1.00. The van der Waals surface area contributed by atoms with Crippen molar-refractivity contribution in [1.82, 2.24) is 10.2 Å². The van der Waals surface area contributed by atoms with Crippen LogP contribution in [-0.4, -0.2) is 37.6 Å². The zero-order valence-corrected chi connectivity index (χ0v) is 13.6. The van der Waals surface area contributed by atoms with Crippen molar-refractivity contribution in [2.75, 3.05) is 32.7 Å². The van der Waals surface area contributed by atoms with E-state index in [4.69, 9.17) is 0 Å². The summed E-state index contributed by atoms with van der Waals surface area (Å²) in [7, 11) is 0. The van der Waals surface area contributed by atoms with Crippen LogP contribution in [0.2, 0.25) is 0 Å². The van der Waals surface area contributed by atoms with Crippen LogP contribution in [0.4, 0.5) is 0 Å². The highest BCUT2D eigenvalue weighted by Gasteiger charge is 2.13. The number of nitrogens with one attached hydrogen (secondary N) is 1. The van der Waals surface area contributed by atoms with Gasteiger partial charge in [-0.25, -0.2) is 0 Å². The number of nitrogens with zero attached hydrogens (tertiary/aromatic N) is 1. The molecule has 0 aromatic carbocycles. The molecule has 2 aliphatic rings. The van der Waals surface area contributed by atoms with Crippen molar-refractivity contribution in [3.8, 4) is 0 Å². The molecule has 0 amide bonds. The van der Waals surface area contributed by atoms with Crippen LogP contribution < -0.4 is 5.32 Å². The van der Waals surface area contributed by atoms with Gasteiger partial charge in [0.1, 0.15) is 0 Å². The van der Waals surface area contributed by atoms with Crippen LogP contribution in [0.5, 0.6) is 0 Å². The Bertz CT molecular complexity index is 191. The molecule has 0 aromatic heterocycles. The first-order valence-electron chi connectivity index (χ1n) is 8.65. The molecule has 2 heterocycles. The molecule has 0 aliphatic carbocycles. The lowest BCUT2D eigenvalue weighted by Crippen LogP contribution is -2.28. The van der Waals surface area contributed by atoms with Gasteiger partial charge in [0.15, 0.2) is 0 Å². The van der Waals surface area contributed by atoms with E-state index in [1.807, 2.05) is 0 Å². The molecule has 2 saturated heterocycles. The highest BCUT2D eigenvalue weighted by Crippen LogP contribution is 2.20. The summed E-state index contributed by atoms with van der Waals surface area (Å²) in [6.45, 7) is 13.5. The summed E-state index contributed by atoms with van der Waals surface area (Å²) < 4.78 is 0. The van der Waals surface area contributed by atoms with Crippen LogP contribution in [0.1, 0.15) is 65.7 Å². The lowest BCUT2D eigenvalue weighted by Gasteiger charge is -2.23. The SMILES string of the molecule is CC(C)CC1CCNCC1.CCCCN1CCCC1. The van der Waals surface area contributed by atoms with Gasteiger partial charge in [0, 0.05) is 0 Å². The molecule has 2 rings (SSSR count). The molecule has 0 spiro atoms. The Hall–Kier alpha value is -0.0800. The quantitative estimate of drug-likeness (QED) is 0.813. The zero-order chi connectivity index (χ0) is 13.9. The van der Waals surface area contributed by atoms with Crippen molar-refractivity contribution < 1.29 is 0 Å². The molecular formula is C17H36N2. The number of rotatable bonds is 5. The van der Waals surface area contributed by atoms with Crippen LogP contribution in [0, 0.1) is 11.8 Å². The largest absolute Gasteiger partial charge is 0.317 e. The van der Waals surface area contributed by atoms with E-state index in [-0.39, 0.29) is 0 Å². The van der Waals surface area contributed by atoms with E-state index in [9.17, 15) is 0 Å². The maximum atomic E-state index is 3.39. The molecule has 0 atom stereocenters. The van der Waals surface area contributed by atoms with Crippen LogP contribution in [0.15, 0.2) is 0 Å². The first-order chi connectivity index (χ1) is 9.22. The van der Waals surface area contributed by atoms with E-state index in [0.29, 0.717) is 0 Å². The molecule has 2 fully saturated rings. The van der Waals surface area contributed by atoms with Gasteiger partial charge in [-0.1, -0.05) is 27.2 Å². The lowest BCUT2D eigenvalue weighted by atomic mass is 9.89. The predicted octanol–water partition coefficient (Wildman–Crippen LogP) is 3.91. The Morgan fingerprint density at radius 3 is 2.26 bits per heavy atom. The summed E-state index contributed by atoms with van der Waals surface area (Å²) in [6, 6.07) is 0. The zero-order valence-electron chi connectivity index (χ0n) is 13.6. The van der Waals surface area contributed by atoms with Crippen molar-refractivity contribution >= 4 is 0 Å². The van der Waals surface area contributed by atoms with Crippen LogP contribution in [-0.2, 0) is 0 Å². The molecule has 114 valence electrons. The van der Waals surface area contributed by atoms with Crippen molar-refractivity contribution in [3.63, 3.8) is 0 Å². The fourth-order valence-corrected chi connectivity index (χ4v) is 3.17. The van der Waals surface area contributed by atoms with Crippen molar-refractivity contribution in [2.24, 2.45) is 11.8 Å². The second-order valence-electron chi connectivity index (χ2n) is 6.73. The first-order valence-corrected chi connectivity index (χ1v) is 8.65. The summed E-state index contributed by atoms with van der Waals surface area (Å²) in [5.74, 6) is 1.91. The van der Waals surface area contributed by atoms with Gasteiger partial charge in [-0.05, 0) is 83.1 Å². The first kappa shape index (κ1) is 17.0. The summed E-state index contributed by atoms with van der Waals surface area (Å²) in [5.41, 5.74) is 0. The van der Waals surface area contributed by atoms with Gasteiger partial charge in [0.05, 0.1) is 0 Å². The molecule has 2 aliphatic heterocycles. The normalized spacial score (nSPS) is 21.5. The van der Waals surface area contributed by atoms with Crippen molar-refractivity contribution in [3.05, 3.63) is 0 Å². The third-order valence-electron chi connectivity index (χ3n) is 4.29. The summed E-state index contributed by atoms with van der Waals surface area (Å²) in [5, 5.41) is 3.39. The van der Waals surface area contributed by atoms with Gasteiger partial charge >= 0.3 is 0 Å². The summed E-state index contributed by atoms with van der Waals surface area (Å²) in [6.07, 6.45) is 9.84. The van der Waals surface area contributed by atoms with Crippen LogP contribution in [0.3, 0.4) is 0 Å². The minimum atomic E-state index is 0.892. The molecule has 2 nitrogen and oxygen atoms in total. The van der Waals surface area contributed by atoms with Crippen molar-refractivity contribution in [2.45, 2.75) is 65.7 Å². The fourth-order valence-electron chi connectivity index (χ4n) is 3.17. The number of hydrogen-bond acceptors (Lipinski definition) is 2. The van der Waals surface area contributed by atoms with Gasteiger partial charge in [-0.3, -0.25) is 0 Å². The molecule has 0 radical (unpaired) electrons. The van der Waals surface area contributed by atoms with E-state index in [2.05, 4.69) is 31.0 Å². The highest BCUT2D eigenvalue weighted by atomic mass is 15.1. The van der Waals surface area contributed by atoms with E-state index in [1.165, 1.54) is 77.7 Å². The molecule has 0 aromatic rings. The van der Waals surface area contributed by atoms with Gasteiger partial charge in [0.25, 0.3) is 0 Å². The van der Waals surface area contributed by atoms with Crippen LogP contribution >= 0.6 is 0 Å². The second-order valence-corrected chi connectivity index (χ2v) is 6.73. The van der Waals surface area contributed by atoms with E-state index in [1.54, 1.807) is 0 Å². The van der Waals surface area contributed by atoms with Crippen LogP contribution in [0.25, 0.3) is 0 Å². The van der Waals surface area contributed by atoms with E-state index in [0.717, 1.165) is 11.8 Å². The Kier molecular flexibility index (Phi) is 9.54. The number of likely N-dealkylation sites (tertiary alicyclic amines) is 1. The highest BCUT2D eigenvalue weighted by molar-refractivity contribution is 4.69. The van der Waals surface area contributed by atoms with Gasteiger partial charge in [-0.2, -0.15) is 0 Å². The standard InChI is InChI=1S/C9H19N.C8H17N/c1-8(2)7-9-3-5-10-6-4-9;1-2-3-6-9-7-4-5-8-9/h8-10H,3-7H2,1-2H3;2-8H2,1H3.